The number of hydrogen-bond acceptors (Lipinski definition) is 3. The average Bonchev–Trinajstić information content (AvgIpc) is 2.39. The molecule has 0 saturated carbocycles. The summed E-state index contributed by atoms with van der Waals surface area (Å²) in [7, 11) is 0. The molecule has 0 aliphatic heterocycles. The van der Waals surface area contributed by atoms with Crippen molar-refractivity contribution in [2.75, 3.05) is 13.1 Å². The maximum atomic E-state index is 12.5. The van der Waals surface area contributed by atoms with Crippen LogP contribution in [-0.2, 0) is 0 Å². The molecule has 0 unspecified atom stereocenters. The molecule has 0 radical (unpaired) electrons. The molecule has 0 spiro atoms. The Kier molecular flexibility index (Phi) is 5.78. The number of carbonyl (C=O) groups excluding carboxylic acids is 1. The summed E-state index contributed by atoms with van der Waals surface area (Å²) < 4.78 is 0. The number of amides is 1. The van der Waals surface area contributed by atoms with Crippen molar-refractivity contribution in [3.63, 3.8) is 0 Å². The number of aromatic nitrogens is 1. The summed E-state index contributed by atoms with van der Waals surface area (Å²) >= 11 is 0. The average molecular weight is 249 g/mol. The van der Waals surface area contributed by atoms with Crippen molar-refractivity contribution in [3.8, 4) is 0 Å². The van der Waals surface area contributed by atoms with E-state index in [4.69, 9.17) is 5.73 Å². The van der Waals surface area contributed by atoms with Gasteiger partial charge in [0.1, 0.15) is 0 Å². The Morgan fingerprint density at radius 3 is 2.61 bits per heavy atom. The summed E-state index contributed by atoms with van der Waals surface area (Å²) in [5.74, 6) is 0.0414. The van der Waals surface area contributed by atoms with Gasteiger partial charge in [0.05, 0.1) is 5.56 Å². The van der Waals surface area contributed by atoms with Gasteiger partial charge in [0, 0.05) is 31.0 Å². The Hall–Kier alpha value is -1.42. The minimum Gasteiger partial charge on any atom is -0.334 e. The molecule has 4 heteroatoms. The van der Waals surface area contributed by atoms with Crippen molar-refractivity contribution >= 4 is 5.91 Å². The van der Waals surface area contributed by atoms with Crippen molar-refractivity contribution in [2.24, 2.45) is 5.73 Å². The van der Waals surface area contributed by atoms with E-state index in [-0.39, 0.29) is 11.9 Å². The molecular weight excluding hydrogens is 226 g/mol. The van der Waals surface area contributed by atoms with Gasteiger partial charge in [-0.25, -0.2) is 0 Å². The number of nitrogens with zero attached hydrogens (tertiary/aromatic N) is 2. The molecule has 1 rings (SSSR count). The topological polar surface area (TPSA) is 59.2 Å². The van der Waals surface area contributed by atoms with Crippen LogP contribution in [0.3, 0.4) is 0 Å². The van der Waals surface area contributed by atoms with Crippen LogP contribution in [-0.4, -0.2) is 34.9 Å². The van der Waals surface area contributed by atoms with Crippen LogP contribution in [0.4, 0.5) is 0 Å². The quantitative estimate of drug-likeness (QED) is 0.838. The second kappa shape index (κ2) is 7.11. The molecule has 0 aliphatic rings. The molecule has 1 aromatic rings. The van der Waals surface area contributed by atoms with E-state index >= 15 is 0 Å². The first kappa shape index (κ1) is 14.6. The van der Waals surface area contributed by atoms with Crippen molar-refractivity contribution in [1.29, 1.82) is 0 Å². The van der Waals surface area contributed by atoms with Gasteiger partial charge in [0.15, 0.2) is 0 Å². The third-order valence-corrected chi connectivity index (χ3v) is 3.25. The lowest BCUT2D eigenvalue weighted by molar-refractivity contribution is 0.0673. The maximum absolute atomic E-state index is 12.5. The Morgan fingerprint density at radius 2 is 2.11 bits per heavy atom. The van der Waals surface area contributed by atoms with E-state index in [9.17, 15) is 4.79 Å². The van der Waals surface area contributed by atoms with Crippen molar-refractivity contribution < 1.29 is 4.79 Å². The number of nitrogens with two attached hydrogens (primary N) is 1. The Morgan fingerprint density at radius 1 is 1.44 bits per heavy atom. The Bertz CT molecular complexity index is 388. The van der Waals surface area contributed by atoms with Gasteiger partial charge >= 0.3 is 0 Å². The smallest absolute Gasteiger partial charge is 0.255 e. The molecule has 0 aliphatic carbocycles. The maximum Gasteiger partial charge on any atom is 0.255 e. The van der Waals surface area contributed by atoms with Crippen LogP contribution < -0.4 is 5.73 Å². The highest BCUT2D eigenvalue weighted by atomic mass is 16.2. The molecule has 18 heavy (non-hydrogen) atoms. The van der Waals surface area contributed by atoms with Gasteiger partial charge in [0.2, 0.25) is 0 Å². The fourth-order valence-corrected chi connectivity index (χ4v) is 2.18. The first-order valence-electron chi connectivity index (χ1n) is 6.58. The van der Waals surface area contributed by atoms with Gasteiger partial charge in [-0.05, 0) is 31.9 Å². The lowest BCUT2D eigenvalue weighted by Crippen LogP contribution is -2.43. The zero-order valence-corrected chi connectivity index (χ0v) is 11.5. The van der Waals surface area contributed by atoms with Crippen molar-refractivity contribution in [3.05, 3.63) is 29.6 Å². The SMILES string of the molecule is CCC(CC)N(CCN)C(=O)c1cccnc1C. The van der Waals surface area contributed by atoms with Gasteiger partial charge < -0.3 is 10.6 Å². The Labute approximate surface area is 109 Å². The predicted molar refractivity (Wildman–Crippen MR) is 73.4 cm³/mol. The molecule has 1 heterocycles. The summed E-state index contributed by atoms with van der Waals surface area (Å²) in [6, 6.07) is 3.88. The van der Waals surface area contributed by atoms with E-state index in [1.54, 1.807) is 12.3 Å². The normalized spacial score (nSPS) is 10.7. The summed E-state index contributed by atoms with van der Waals surface area (Å²) in [5.41, 5.74) is 7.07. The lowest BCUT2D eigenvalue weighted by atomic mass is 10.1. The molecular formula is C14H23N3O. The number of carbonyl (C=O) groups is 1. The summed E-state index contributed by atoms with van der Waals surface area (Å²) in [4.78, 5) is 18.6. The first-order chi connectivity index (χ1) is 8.65. The molecule has 0 fully saturated rings. The van der Waals surface area contributed by atoms with Gasteiger partial charge in [-0.15, -0.1) is 0 Å². The minimum absolute atomic E-state index is 0.0414. The first-order valence-corrected chi connectivity index (χ1v) is 6.58. The van der Waals surface area contributed by atoms with E-state index in [1.165, 1.54) is 0 Å². The highest BCUT2D eigenvalue weighted by Crippen LogP contribution is 2.14. The molecule has 2 N–H and O–H groups in total. The molecule has 0 bridgehead atoms. The standard InChI is InChI=1S/C14H23N3O/c1-4-12(5-2)17(10-8-15)14(18)13-7-6-9-16-11(13)3/h6-7,9,12H,4-5,8,10,15H2,1-3H3. The van der Waals surface area contributed by atoms with Crippen LogP contribution in [0, 0.1) is 6.92 Å². The molecule has 100 valence electrons. The number of rotatable bonds is 6. The number of hydrogen-bond donors (Lipinski definition) is 1. The second-order valence-corrected chi connectivity index (χ2v) is 4.39. The number of pyridine rings is 1. The van der Waals surface area contributed by atoms with E-state index in [0.717, 1.165) is 18.5 Å². The van der Waals surface area contributed by atoms with Crippen LogP contribution in [0.1, 0.15) is 42.7 Å². The minimum atomic E-state index is 0.0414. The van der Waals surface area contributed by atoms with E-state index in [0.29, 0.717) is 18.7 Å². The fourth-order valence-electron chi connectivity index (χ4n) is 2.18. The van der Waals surface area contributed by atoms with Crippen LogP contribution in [0.5, 0.6) is 0 Å². The van der Waals surface area contributed by atoms with Gasteiger partial charge in [0.25, 0.3) is 5.91 Å². The molecule has 1 amide bonds. The lowest BCUT2D eigenvalue weighted by Gasteiger charge is -2.30. The summed E-state index contributed by atoms with van der Waals surface area (Å²) in [5, 5.41) is 0. The van der Waals surface area contributed by atoms with E-state index in [2.05, 4.69) is 18.8 Å². The number of aryl methyl sites for hydroxylation is 1. The van der Waals surface area contributed by atoms with Crippen LogP contribution in [0.15, 0.2) is 18.3 Å². The van der Waals surface area contributed by atoms with Crippen LogP contribution >= 0.6 is 0 Å². The molecule has 4 nitrogen and oxygen atoms in total. The van der Waals surface area contributed by atoms with E-state index < -0.39 is 0 Å². The zero-order chi connectivity index (χ0) is 13.5. The monoisotopic (exact) mass is 249 g/mol. The highest BCUT2D eigenvalue weighted by molar-refractivity contribution is 5.95. The zero-order valence-electron chi connectivity index (χ0n) is 11.5. The van der Waals surface area contributed by atoms with Crippen LogP contribution in [0.25, 0.3) is 0 Å². The molecule has 0 atom stereocenters. The van der Waals surface area contributed by atoms with E-state index in [1.807, 2.05) is 17.9 Å². The van der Waals surface area contributed by atoms with Crippen molar-refractivity contribution in [1.82, 2.24) is 9.88 Å². The highest BCUT2D eigenvalue weighted by Gasteiger charge is 2.22. The molecule has 0 aromatic carbocycles. The van der Waals surface area contributed by atoms with Crippen LogP contribution in [0.2, 0.25) is 0 Å². The summed E-state index contributed by atoms with van der Waals surface area (Å²) in [6.07, 6.45) is 3.60. The molecule has 1 aromatic heterocycles. The van der Waals surface area contributed by atoms with Crippen molar-refractivity contribution in [2.45, 2.75) is 39.7 Å². The third kappa shape index (κ3) is 3.29. The third-order valence-electron chi connectivity index (χ3n) is 3.25. The van der Waals surface area contributed by atoms with Gasteiger partial charge in [-0.1, -0.05) is 13.8 Å². The largest absolute Gasteiger partial charge is 0.334 e. The Balaban J connectivity index is 2.99. The second-order valence-electron chi connectivity index (χ2n) is 4.39. The van der Waals surface area contributed by atoms with Gasteiger partial charge in [-0.3, -0.25) is 9.78 Å². The molecule has 0 saturated heterocycles. The van der Waals surface area contributed by atoms with Gasteiger partial charge in [-0.2, -0.15) is 0 Å². The fraction of sp³-hybridized carbons (Fsp3) is 0.571. The summed E-state index contributed by atoms with van der Waals surface area (Å²) in [6.45, 7) is 7.14. The predicted octanol–water partition coefficient (Wildman–Crippen LogP) is 1.98.